The first-order valence-corrected chi connectivity index (χ1v) is 6.87. The van der Waals surface area contributed by atoms with Crippen LogP contribution in [0.2, 0.25) is 0 Å². The van der Waals surface area contributed by atoms with Crippen LogP contribution in [0.25, 0.3) is 0 Å². The highest BCUT2D eigenvalue weighted by molar-refractivity contribution is 7.07. The van der Waals surface area contributed by atoms with Crippen molar-refractivity contribution in [3.05, 3.63) is 22.4 Å². The van der Waals surface area contributed by atoms with Crippen LogP contribution in [0.5, 0.6) is 0 Å². The van der Waals surface area contributed by atoms with Crippen LogP contribution in [-0.2, 0) is 11.3 Å². The van der Waals surface area contributed by atoms with Gasteiger partial charge in [-0.1, -0.05) is 12.8 Å². The lowest BCUT2D eigenvalue weighted by molar-refractivity contribution is -0.144. The van der Waals surface area contributed by atoms with Crippen LogP contribution in [0.3, 0.4) is 0 Å². The standard InChI is InChI=1S/C12H16N2O3S/c15-10(16)12(4-1-2-5-12)14-11(17)13-7-9-3-6-18-8-9/h3,6,8H,1-2,4-5,7H2,(H,15,16)(H2,13,14,17). The number of amides is 2. The number of rotatable bonds is 4. The van der Waals surface area contributed by atoms with Crippen molar-refractivity contribution in [3.63, 3.8) is 0 Å². The molecule has 0 radical (unpaired) electrons. The van der Waals surface area contributed by atoms with Gasteiger partial charge in [0.1, 0.15) is 5.54 Å². The zero-order chi connectivity index (χ0) is 13.0. The Labute approximate surface area is 109 Å². The Bertz CT molecular complexity index is 425. The first-order valence-electron chi connectivity index (χ1n) is 5.93. The summed E-state index contributed by atoms with van der Waals surface area (Å²) in [7, 11) is 0. The van der Waals surface area contributed by atoms with Gasteiger partial charge in [-0.05, 0) is 35.2 Å². The maximum Gasteiger partial charge on any atom is 0.329 e. The summed E-state index contributed by atoms with van der Waals surface area (Å²) >= 11 is 1.56. The van der Waals surface area contributed by atoms with Gasteiger partial charge in [-0.2, -0.15) is 11.3 Å². The molecule has 0 bridgehead atoms. The van der Waals surface area contributed by atoms with Gasteiger partial charge in [-0.25, -0.2) is 9.59 Å². The smallest absolute Gasteiger partial charge is 0.329 e. The van der Waals surface area contributed by atoms with Crippen LogP contribution in [0.4, 0.5) is 4.79 Å². The van der Waals surface area contributed by atoms with Gasteiger partial charge in [0.25, 0.3) is 0 Å². The minimum atomic E-state index is -1.07. The molecule has 3 N–H and O–H groups in total. The lowest BCUT2D eigenvalue weighted by atomic mass is 9.98. The van der Waals surface area contributed by atoms with Crippen molar-refractivity contribution in [2.24, 2.45) is 0 Å². The average Bonchev–Trinajstić information content (AvgIpc) is 2.97. The number of carbonyl (C=O) groups is 2. The van der Waals surface area contributed by atoms with Gasteiger partial charge >= 0.3 is 12.0 Å². The number of hydrogen-bond donors (Lipinski definition) is 3. The first kappa shape index (κ1) is 12.9. The molecule has 1 saturated carbocycles. The molecule has 0 spiro atoms. The van der Waals surface area contributed by atoms with E-state index in [-0.39, 0.29) is 0 Å². The van der Waals surface area contributed by atoms with Crippen molar-refractivity contribution in [1.29, 1.82) is 0 Å². The van der Waals surface area contributed by atoms with Crippen molar-refractivity contribution in [2.75, 3.05) is 0 Å². The number of urea groups is 1. The van der Waals surface area contributed by atoms with E-state index in [4.69, 9.17) is 0 Å². The van der Waals surface area contributed by atoms with Gasteiger partial charge in [0, 0.05) is 6.54 Å². The van der Waals surface area contributed by atoms with E-state index in [1.54, 1.807) is 11.3 Å². The monoisotopic (exact) mass is 268 g/mol. The molecular formula is C12H16N2O3S. The predicted octanol–water partition coefficient (Wildman–Crippen LogP) is 1.94. The molecule has 0 unspecified atom stereocenters. The summed E-state index contributed by atoms with van der Waals surface area (Å²) in [5, 5.41) is 18.4. The molecule has 1 aromatic heterocycles. The number of carboxylic acids is 1. The fourth-order valence-electron chi connectivity index (χ4n) is 2.21. The first-order chi connectivity index (χ1) is 8.62. The number of nitrogens with one attached hydrogen (secondary N) is 2. The van der Waals surface area contributed by atoms with Gasteiger partial charge in [0.05, 0.1) is 0 Å². The van der Waals surface area contributed by atoms with Crippen LogP contribution in [-0.4, -0.2) is 22.6 Å². The Balaban J connectivity index is 1.88. The van der Waals surface area contributed by atoms with Crippen molar-refractivity contribution in [1.82, 2.24) is 10.6 Å². The Kier molecular flexibility index (Phi) is 3.86. The largest absolute Gasteiger partial charge is 0.480 e. The second-order valence-electron chi connectivity index (χ2n) is 4.53. The maximum absolute atomic E-state index is 11.7. The van der Waals surface area contributed by atoms with E-state index < -0.39 is 17.5 Å². The third-order valence-electron chi connectivity index (χ3n) is 3.25. The highest BCUT2D eigenvalue weighted by atomic mass is 32.1. The highest BCUT2D eigenvalue weighted by Gasteiger charge is 2.42. The molecule has 0 atom stereocenters. The fraction of sp³-hybridized carbons (Fsp3) is 0.500. The molecule has 0 aromatic carbocycles. The molecule has 5 nitrogen and oxygen atoms in total. The molecule has 1 heterocycles. The highest BCUT2D eigenvalue weighted by Crippen LogP contribution is 2.29. The minimum Gasteiger partial charge on any atom is -0.480 e. The second-order valence-corrected chi connectivity index (χ2v) is 5.31. The van der Waals surface area contributed by atoms with E-state index in [1.807, 2.05) is 16.8 Å². The summed E-state index contributed by atoms with van der Waals surface area (Å²) in [5.41, 5.74) is -0.0513. The zero-order valence-electron chi connectivity index (χ0n) is 9.94. The molecular weight excluding hydrogens is 252 g/mol. The normalized spacial score (nSPS) is 17.3. The third-order valence-corrected chi connectivity index (χ3v) is 3.98. The van der Waals surface area contributed by atoms with Crippen molar-refractivity contribution in [2.45, 2.75) is 37.8 Å². The van der Waals surface area contributed by atoms with Crippen molar-refractivity contribution in [3.8, 4) is 0 Å². The van der Waals surface area contributed by atoms with E-state index in [2.05, 4.69) is 10.6 Å². The van der Waals surface area contributed by atoms with E-state index >= 15 is 0 Å². The number of hydrogen-bond acceptors (Lipinski definition) is 3. The van der Waals surface area contributed by atoms with Gasteiger partial charge in [0.15, 0.2) is 0 Å². The predicted molar refractivity (Wildman–Crippen MR) is 68.5 cm³/mol. The minimum absolute atomic E-state index is 0.412. The zero-order valence-corrected chi connectivity index (χ0v) is 10.8. The SMILES string of the molecule is O=C(NCc1ccsc1)NC1(C(=O)O)CCCC1. The molecule has 18 heavy (non-hydrogen) atoms. The molecule has 2 amide bonds. The van der Waals surface area contributed by atoms with Gasteiger partial charge in [-0.15, -0.1) is 0 Å². The van der Waals surface area contributed by atoms with Gasteiger partial charge < -0.3 is 15.7 Å². The lowest BCUT2D eigenvalue weighted by Crippen LogP contribution is -2.55. The van der Waals surface area contributed by atoms with E-state index in [9.17, 15) is 14.7 Å². The Morgan fingerprint density at radius 1 is 1.39 bits per heavy atom. The van der Waals surface area contributed by atoms with Crippen LogP contribution in [0, 0.1) is 0 Å². The van der Waals surface area contributed by atoms with Gasteiger partial charge in [-0.3, -0.25) is 0 Å². The Morgan fingerprint density at radius 2 is 2.11 bits per heavy atom. The molecule has 1 fully saturated rings. The summed E-state index contributed by atoms with van der Waals surface area (Å²) in [6.45, 7) is 0.422. The molecule has 2 rings (SSSR count). The van der Waals surface area contributed by atoms with Crippen LogP contribution in [0.1, 0.15) is 31.2 Å². The average molecular weight is 268 g/mol. The molecule has 1 aliphatic carbocycles. The number of carboxylic acid groups (broad SMARTS) is 1. The molecule has 1 aromatic rings. The summed E-state index contributed by atoms with van der Waals surface area (Å²) < 4.78 is 0. The van der Waals surface area contributed by atoms with E-state index in [0.717, 1.165) is 18.4 Å². The van der Waals surface area contributed by atoms with Crippen molar-refractivity contribution >= 4 is 23.3 Å². The van der Waals surface area contributed by atoms with Crippen LogP contribution in [0.15, 0.2) is 16.8 Å². The quantitative estimate of drug-likeness (QED) is 0.781. The summed E-state index contributed by atoms with van der Waals surface area (Å²) in [5.74, 6) is -0.939. The summed E-state index contributed by atoms with van der Waals surface area (Å²) in [6.07, 6.45) is 2.70. The third kappa shape index (κ3) is 2.81. The number of carbonyl (C=O) groups excluding carboxylic acids is 1. The Hall–Kier alpha value is -1.56. The van der Waals surface area contributed by atoms with Crippen LogP contribution < -0.4 is 10.6 Å². The molecule has 1 aliphatic rings. The number of aliphatic carboxylic acids is 1. The summed E-state index contributed by atoms with van der Waals surface area (Å²) in [4.78, 5) is 23.0. The maximum atomic E-state index is 11.7. The summed E-state index contributed by atoms with van der Waals surface area (Å²) in [6, 6.07) is 1.51. The Morgan fingerprint density at radius 3 is 2.67 bits per heavy atom. The molecule has 98 valence electrons. The topological polar surface area (TPSA) is 78.4 Å². The lowest BCUT2D eigenvalue weighted by Gasteiger charge is -2.25. The molecule has 0 saturated heterocycles. The van der Waals surface area contributed by atoms with Crippen LogP contribution >= 0.6 is 11.3 Å². The molecule has 6 heteroatoms. The second kappa shape index (κ2) is 5.39. The number of thiophene rings is 1. The van der Waals surface area contributed by atoms with E-state index in [1.165, 1.54) is 0 Å². The fourth-order valence-corrected chi connectivity index (χ4v) is 2.88. The van der Waals surface area contributed by atoms with E-state index in [0.29, 0.717) is 19.4 Å². The molecule has 0 aliphatic heterocycles. The van der Waals surface area contributed by atoms with Crippen molar-refractivity contribution < 1.29 is 14.7 Å². The van der Waals surface area contributed by atoms with Gasteiger partial charge in [0.2, 0.25) is 0 Å².